The van der Waals surface area contributed by atoms with Crippen molar-refractivity contribution in [3.8, 4) is 5.75 Å². The van der Waals surface area contributed by atoms with Crippen LogP contribution >= 0.6 is 11.8 Å². The van der Waals surface area contributed by atoms with E-state index in [9.17, 15) is 14.4 Å². The first-order valence-corrected chi connectivity index (χ1v) is 9.69. The van der Waals surface area contributed by atoms with Crippen molar-refractivity contribution in [2.75, 3.05) is 12.4 Å². The van der Waals surface area contributed by atoms with E-state index in [4.69, 9.17) is 10.5 Å². The van der Waals surface area contributed by atoms with Gasteiger partial charge in [0.1, 0.15) is 11.0 Å². The van der Waals surface area contributed by atoms with Crippen molar-refractivity contribution in [1.29, 1.82) is 0 Å². The molecule has 4 N–H and O–H groups in total. The zero-order valence-electron chi connectivity index (χ0n) is 15.7. The highest BCUT2D eigenvalue weighted by Crippen LogP contribution is 2.23. The third-order valence-electron chi connectivity index (χ3n) is 4.19. The number of amides is 3. The van der Waals surface area contributed by atoms with Gasteiger partial charge in [0.05, 0.1) is 7.11 Å². The summed E-state index contributed by atoms with van der Waals surface area (Å²) in [4.78, 5) is 39.6. The van der Waals surface area contributed by atoms with Crippen LogP contribution in [0, 0.1) is 0 Å². The fraction of sp³-hybridized carbons (Fsp3) is 0.200. The third-order valence-corrected chi connectivity index (χ3v) is 5.18. The number of aliphatic imine (C=N–C) groups is 1. The van der Waals surface area contributed by atoms with E-state index in [2.05, 4.69) is 15.6 Å². The van der Waals surface area contributed by atoms with Gasteiger partial charge in [-0.1, -0.05) is 30.0 Å². The number of para-hydroxylation sites is 1. The molecule has 2 aromatic rings. The molecule has 0 saturated carbocycles. The molecule has 0 unspecified atom stereocenters. The van der Waals surface area contributed by atoms with Crippen LogP contribution in [0.4, 0.5) is 5.69 Å². The number of ether oxygens (including phenoxy) is 1. The lowest BCUT2D eigenvalue weighted by atomic mass is 10.1. The zero-order valence-corrected chi connectivity index (χ0v) is 16.5. The van der Waals surface area contributed by atoms with Crippen LogP contribution in [-0.2, 0) is 16.1 Å². The van der Waals surface area contributed by atoms with Crippen molar-refractivity contribution in [3.05, 3.63) is 59.7 Å². The second kappa shape index (κ2) is 9.24. The molecule has 0 fully saturated rings. The van der Waals surface area contributed by atoms with E-state index in [1.54, 1.807) is 31.4 Å². The molecule has 3 rings (SSSR count). The van der Waals surface area contributed by atoms with Crippen molar-refractivity contribution < 1.29 is 19.1 Å². The number of hydrogen-bond acceptors (Lipinski definition) is 6. The van der Waals surface area contributed by atoms with Crippen LogP contribution in [0.25, 0.3) is 0 Å². The van der Waals surface area contributed by atoms with Crippen LogP contribution in [0.1, 0.15) is 22.3 Å². The molecule has 8 nitrogen and oxygen atoms in total. The summed E-state index contributed by atoms with van der Waals surface area (Å²) in [5, 5.41) is 5.12. The minimum absolute atomic E-state index is 0.0190. The summed E-state index contributed by atoms with van der Waals surface area (Å²) in [5.41, 5.74) is 7.34. The molecule has 0 bridgehead atoms. The third kappa shape index (κ3) is 5.35. The number of carbonyl (C=O) groups is 3. The average Bonchev–Trinajstić information content (AvgIpc) is 3.03. The Labute approximate surface area is 171 Å². The second-order valence-corrected chi connectivity index (χ2v) is 7.44. The number of methoxy groups -OCH3 is 1. The summed E-state index contributed by atoms with van der Waals surface area (Å²) in [7, 11) is 1.58. The van der Waals surface area contributed by atoms with Gasteiger partial charge in [0.15, 0.2) is 5.17 Å². The van der Waals surface area contributed by atoms with Gasteiger partial charge in [-0.2, -0.15) is 4.99 Å². The minimum Gasteiger partial charge on any atom is -0.496 e. The molecule has 0 saturated heterocycles. The Morgan fingerprint density at radius 3 is 2.55 bits per heavy atom. The van der Waals surface area contributed by atoms with Gasteiger partial charge in [-0.15, -0.1) is 0 Å². The lowest BCUT2D eigenvalue weighted by Crippen LogP contribution is -2.23. The molecule has 1 heterocycles. The standard InChI is InChI=1S/C20H20N4O4S/c1-28-15-5-3-2-4-13(15)11-22-18(26)12-6-8-14(9-7-12)23-17(25)10-16-19(27)24-20(21)29-16/h2-9,16H,10-11H2,1H3,(H,22,26)(H,23,25)(H2,21,24,27)/t16-/m1/s1. The van der Waals surface area contributed by atoms with E-state index in [0.717, 1.165) is 17.3 Å². The lowest BCUT2D eigenvalue weighted by molar-refractivity contribution is -0.121. The number of thioether (sulfide) groups is 1. The van der Waals surface area contributed by atoms with Gasteiger partial charge in [-0.25, -0.2) is 0 Å². The van der Waals surface area contributed by atoms with Crippen molar-refractivity contribution >= 4 is 40.3 Å². The van der Waals surface area contributed by atoms with Crippen molar-refractivity contribution in [3.63, 3.8) is 0 Å². The SMILES string of the molecule is COc1ccccc1CNC(=O)c1ccc(NC(=O)C[C@H]2SC(N)=NC2=O)cc1. The van der Waals surface area contributed by atoms with Gasteiger partial charge in [-0.3, -0.25) is 14.4 Å². The Hall–Kier alpha value is -3.33. The number of rotatable bonds is 7. The lowest BCUT2D eigenvalue weighted by Gasteiger charge is -2.10. The summed E-state index contributed by atoms with van der Waals surface area (Å²) < 4.78 is 5.27. The second-order valence-electron chi connectivity index (χ2n) is 6.22. The quantitative estimate of drug-likeness (QED) is 0.638. The van der Waals surface area contributed by atoms with Crippen molar-refractivity contribution in [1.82, 2.24) is 5.32 Å². The van der Waals surface area contributed by atoms with Gasteiger partial charge in [0.2, 0.25) is 5.91 Å². The molecule has 9 heteroatoms. The maximum atomic E-state index is 12.3. The first kappa shape index (κ1) is 20.4. The van der Waals surface area contributed by atoms with Crippen LogP contribution in [0.15, 0.2) is 53.5 Å². The molecule has 0 aliphatic carbocycles. The Morgan fingerprint density at radius 1 is 1.17 bits per heavy atom. The summed E-state index contributed by atoms with van der Waals surface area (Å²) in [5.74, 6) is -0.259. The van der Waals surface area contributed by atoms with Crippen LogP contribution in [0.5, 0.6) is 5.75 Å². The molecule has 1 aliphatic rings. The molecule has 1 aliphatic heterocycles. The first-order valence-electron chi connectivity index (χ1n) is 8.81. The molecule has 0 radical (unpaired) electrons. The number of benzene rings is 2. The minimum atomic E-state index is -0.588. The van der Waals surface area contributed by atoms with Crippen molar-refractivity contribution in [2.24, 2.45) is 10.7 Å². The molecule has 3 amide bonds. The van der Waals surface area contributed by atoms with Gasteiger partial charge >= 0.3 is 0 Å². The van der Waals surface area contributed by atoms with Crippen LogP contribution in [0.2, 0.25) is 0 Å². The van der Waals surface area contributed by atoms with E-state index in [1.807, 2.05) is 24.3 Å². The average molecular weight is 412 g/mol. The number of hydrogen-bond donors (Lipinski definition) is 3. The normalized spacial score (nSPS) is 15.6. The predicted molar refractivity (Wildman–Crippen MR) is 112 cm³/mol. The van der Waals surface area contributed by atoms with Crippen LogP contribution in [-0.4, -0.2) is 35.2 Å². The summed E-state index contributed by atoms with van der Waals surface area (Å²) in [6.45, 7) is 0.333. The Bertz CT molecular complexity index is 959. The largest absolute Gasteiger partial charge is 0.496 e. The molecule has 29 heavy (non-hydrogen) atoms. The number of anilines is 1. The first-order chi connectivity index (χ1) is 14.0. The fourth-order valence-corrected chi connectivity index (χ4v) is 3.57. The zero-order chi connectivity index (χ0) is 20.8. The molecule has 2 aromatic carbocycles. The monoisotopic (exact) mass is 412 g/mol. The fourth-order valence-electron chi connectivity index (χ4n) is 2.74. The van der Waals surface area contributed by atoms with Gasteiger partial charge in [-0.05, 0) is 30.3 Å². The van der Waals surface area contributed by atoms with E-state index in [1.165, 1.54) is 0 Å². The van der Waals surface area contributed by atoms with Crippen LogP contribution in [0.3, 0.4) is 0 Å². The Morgan fingerprint density at radius 2 is 1.90 bits per heavy atom. The van der Waals surface area contributed by atoms with E-state index < -0.39 is 11.2 Å². The number of carbonyl (C=O) groups excluding carboxylic acids is 3. The smallest absolute Gasteiger partial charge is 0.262 e. The molecule has 150 valence electrons. The maximum absolute atomic E-state index is 12.3. The summed E-state index contributed by atoms with van der Waals surface area (Å²) in [6, 6.07) is 13.9. The highest BCUT2D eigenvalue weighted by atomic mass is 32.2. The Kier molecular flexibility index (Phi) is 6.50. The highest BCUT2D eigenvalue weighted by Gasteiger charge is 2.29. The van der Waals surface area contributed by atoms with E-state index in [0.29, 0.717) is 23.5 Å². The van der Waals surface area contributed by atoms with Gasteiger partial charge in [0.25, 0.3) is 11.8 Å². The summed E-state index contributed by atoms with van der Waals surface area (Å²) in [6.07, 6.45) is -0.0190. The molecular formula is C20H20N4O4S. The molecule has 0 spiro atoms. The van der Waals surface area contributed by atoms with Gasteiger partial charge in [0, 0.05) is 29.8 Å². The molecular weight excluding hydrogens is 392 g/mol. The number of amidine groups is 1. The van der Waals surface area contributed by atoms with Gasteiger partial charge < -0.3 is 21.1 Å². The maximum Gasteiger partial charge on any atom is 0.262 e. The Balaban J connectivity index is 1.52. The van der Waals surface area contributed by atoms with Crippen molar-refractivity contribution in [2.45, 2.75) is 18.2 Å². The highest BCUT2D eigenvalue weighted by molar-refractivity contribution is 8.15. The number of nitrogens with zero attached hydrogens (tertiary/aromatic N) is 1. The van der Waals surface area contributed by atoms with E-state index in [-0.39, 0.29) is 23.4 Å². The van der Waals surface area contributed by atoms with E-state index >= 15 is 0 Å². The topological polar surface area (TPSA) is 123 Å². The van der Waals surface area contributed by atoms with Crippen LogP contribution < -0.4 is 21.1 Å². The number of nitrogens with two attached hydrogens (primary N) is 1. The molecule has 1 atom stereocenters. The molecule has 0 aromatic heterocycles. The summed E-state index contributed by atoms with van der Waals surface area (Å²) >= 11 is 1.08. The predicted octanol–water partition coefficient (Wildman–Crippen LogP) is 1.91. The number of nitrogens with one attached hydrogen (secondary N) is 2.